The molecule has 0 spiro atoms. The first-order chi connectivity index (χ1) is 7.83. The largest absolute Gasteiger partial charge is 0.300 e. The normalized spacial score (nSPS) is 11.5. The van der Waals surface area contributed by atoms with E-state index in [4.69, 9.17) is 23.2 Å². The average molecular weight is 295 g/mol. The van der Waals surface area contributed by atoms with Gasteiger partial charge in [-0.1, -0.05) is 23.2 Å². The van der Waals surface area contributed by atoms with Gasteiger partial charge in [0.15, 0.2) is 9.84 Å². The fourth-order valence-corrected chi connectivity index (χ4v) is 3.46. The molecule has 0 fully saturated rings. The summed E-state index contributed by atoms with van der Waals surface area (Å²) in [4.78, 5) is 10.8. The van der Waals surface area contributed by atoms with Crippen molar-refractivity contribution in [3.8, 4) is 0 Å². The van der Waals surface area contributed by atoms with Gasteiger partial charge < -0.3 is 4.79 Å². The maximum absolute atomic E-state index is 11.9. The molecule has 0 aliphatic heterocycles. The Kier molecular flexibility index (Phi) is 4.98. The summed E-state index contributed by atoms with van der Waals surface area (Å²) in [7, 11) is -3.48. The van der Waals surface area contributed by atoms with Crippen molar-refractivity contribution in [2.24, 2.45) is 0 Å². The van der Waals surface area contributed by atoms with Crippen LogP contribution in [0.5, 0.6) is 0 Å². The van der Waals surface area contributed by atoms with E-state index in [0.717, 1.165) is 0 Å². The van der Waals surface area contributed by atoms with Gasteiger partial charge in [0.05, 0.1) is 15.7 Å². The summed E-state index contributed by atoms with van der Waals surface area (Å²) < 4.78 is 23.9. The number of carbonyl (C=O) groups is 1. The highest BCUT2D eigenvalue weighted by atomic mass is 35.5. The lowest BCUT2D eigenvalue weighted by Gasteiger charge is -2.06. The minimum atomic E-state index is -3.48. The van der Waals surface area contributed by atoms with Crippen LogP contribution in [0.25, 0.3) is 0 Å². The van der Waals surface area contributed by atoms with E-state index in [1.165, 1.54) is 25.1 Å². The summed E-state index contributed by atoms with van der Waals surface area (Å²) in [5.74, 6) is -0.135. The van der Waals surface area contributed by atoms with Crippen LogP contribution >= 0.6 is 23.2 Å². The van der Waals surface area contributed by atoms with Gasteiger partial charge in [0.25, 0.3) is 0 Å². The highest BCUT2D eigenvalue weighted by Gasteiger charge is 2.18. The molecule has 3 nitrogen and oxygen atoms in total. The Labute approximate surface area is 111 Å². The number of hydrogen-bond donors (Lipinski definition) is 0. The lowest BCUT2D eigenvalue weighted by Crippen LogP contribution is -2.08. The maximum Gasteiger partial charge on any atom is 0.179 e. The molecular weight excluding hydrogens is 283 g/mol. The zero-order valence-corrected chi connectivity index (χ0v) is 11.6. The minimum Gasteiger partial charge on any atom is -0.300 e. The SMILES string of the molecule is CC(=O)CCCS(=O)(=O)c1cc(Cl)ccc1Cl. The van der Waals surface area contributed by atoms with Gasteiger partial charge in [-0.3, -0.25) is 0 Å². The molecule has 0 bridgehead atoms. The molecule has 1 aromatic carbocycles. The highest BCUT2D eigenvalue weighted by molar-refractivity contribution is 7.91. The predicted octanol–water partition coefficient (Wildman–Crippen LogP) is 3.14. The smallest absolute Gasteiger partial charge is 0.179 e. The van der Waals surface area contributed by atoms with Gasteiger partial charge in [0, 0.05) is 11.4 Å². The van der Waals surface area contributed by atoms with Crippen LogP contribution in [-0.2, 0) is 14.6 Å². The van der Waals surface area contributed by atoms with E-state index in [9.17, 15) is 13.2 Å². The second-order valence-electron chi connectivity index (χ2n) is 3.70. The molecule has 94 valence electrons. The van der Waals surface area contributed by atoms with Crippen LogP contribution in [0.1, 0.15) is 19.8 Å². The monoisotopic (exact) mass is 294 g/mol. The van der Waals surface area contributed by atoms with Crippen LogP contribution in [0.2, 0.25) is 10.0 Å². The van der Waals surface area contributed by atoms with Gasteiger partial charge in [0.1, 0.15) is 5.78 Å². The van der Waals surface area contributed by atoms with E-state index in [1.807, 2.05) is 0 Å². The first kappa shape index (κ1) is 14.5. The molecule has 0 heterocycles. The third kappa shape index (κ3) is 4.30. The van der Waals surface area contributed by atoms with Crippen LogP contribution in [0.4, 0.5) is 0 Å². The van der Waals surface area contributed by atoms with Crippen molar-refractivity contribution in [3.63, 3.8) is 0 Å². The molecule has 0 unspecified atom stereocenters. The molecule has 0 aliphatic carbocycles. The first-order valence-electron chi connectivity index (χ1n) is 5.00. The molecule has 17 heavy (non-hydrogen) atoms. The number of ketones is 1. The molecule has 0 radical (unpaired) electrons. The van der Waals surface area contributed by atoms with Crippen molar-refractivity contribution in [2.75, 3.05) is 5.75 Å². The number of sulfone groups is 1. The quantitative estimate of drug-likeness (QED) is 0.838. The average Bonchev–Trinajstić information content (AvgIpc) is 2.20. The molecule has 0 atom stereocenters. The van der Waals surface area contributed by atoms with Crippen LogP contribution < -0.4 is 0 Å². The topological polar surface area (TPSA) is 51.2 Å². The van der Waals surface area contributed by atoms with E-state index in [0.29, 0.717) is 11.4 Å². The number of hydrogen-bond acceptors (Lipinski definition) is 3. The summed E-state index contributed by atoms with van der Waals surface area (Å²) >= 11 is 11.5. The van der Waals surface area contributed by atoms with E-state index >= 15 is 0 Å². The Morgan fingerprint density at radius 3 is 2.53 bits per heavy atom. The van der Waals surface area contributed by atoms with Crippen molar-refractivity contribution in [1.82, 2.24) is 0 Å². The number of benzene rings is 1. The zero-order valence-electron chi connectivity index (χ0n) is 9.24. The summed E-state index contributed by atoms with van der Waals surface area (Å²) in [5, 5.41) is 0.469. The van der Waals surface area contributed by atoms with Crippen molar-refractivity contribution in [2.45, 2.75) is 24.7 Å². The third-order valence-electron chi connectivity index (χ3n) is 2.17. The van der Waals surface area contributed by atoms with Crippen molar-refractivity contribution in [3.05, 3.63) is 28.2 Å². The molecule has 6 heteroatoms. The van der Waals surface area contributed by atoms with Crippen LogP contribution in [0.15, 0.2) is 23.1 Å². The molecule has 0 N–H and O–H groups in total. The Morgan fingerprint density at radius 2 is 1.94 bits per heavy atom. The van der Waals surface area contributed by atoms with Crippen molar-refractivity contribution < 1.29 is 13.2 Å². The Hall–Kier alpha value is -0.580. The summed E-state index contributed by atoms with van der Waals surface area (Å²) in [5.41, 5.74) is 0. The fraction of sp³-hybridized carbons (Fsp3) is 0.364. The minimum absolute atomic E-state index is 0.0234. The third-order valence-corrected chi connectivity index (χ3v) is 4.68. The molecule has 0 aliphatic rings. The van der Waals surface area contributed by atoms with Crippen molar-refractivity contribution >= 4 is 38.8 Å². The lowest BCUT2D eigenvalue weighted by atomic mass is 10.3. The Balaban J connectivity index is 2.89. The molecule has 0 aromatic heterocycles. The summed E-state index contributed by atoms with van der Waals surface area (Å²) in [6.45, 7) is 1.43. The van der Waals surface area contributed by atoms with Crippen LogP contribution in [0, 0.1) is 0 Å². The van der Waals surface area contributed by atoms with E-state index in [1.54, 1.807) is 0 Å². The predicted molar refractivity (Wildman–Crippen MR) is 68.4 cm³/mol. The molecule has 0 amide bonds. The number of halogens is 2. The number of Topliss-reactive ketones (excluding diaryl/α,β-unsaturated/α-hetero) is 1. The lowest BCUT2D eigenvalue weighted by molar-refractivity contribution is -0.117. The van der Waals surface area contributed by atoms with E-state index < -0.39 is 9.84 Å². The molecule has 0 saturated heterocycles. The standard InChI is InChI=1S/C11H12Cl2O3S/c1-8(14)3-2-6-17(15,16)11-7-9(12)4-5-10(11)13/h4-5,7H,2-3,6H2,1H3. The highest BCUT2D eigenvalue weighted by Crippen LogP contribution is 2.26. The van der Waals surface area contributed by atoms with Gasteiger partial charge in [-0.05, 0) is 31.5 Å². The van der Waals surface area contributed by atoms with Crippen LogP contribution in [-0.4, -0.2) is 20.0 Å². The van der Waals surface area contributed by atoms with Crippen molar-refractivity contribution in [1.29, 1.82) is 0 Å². The van der Waals surface area contributed by atoms with E-state index in [2.05, 4.69) is 0 Å². The summed E-state index contributed by atoms with van der Waals surface area (Å²) in [6, 6.07) is 4.30. The number of rotatable bonds is 5. The summed E-state index contributed by atoms with van der Waals surface area (Å²) in [6.07, 6.45) is 0.540. The second-order valence-corrected chi connectivity index (χ2v) is 6.62. The molecule has 1 rings (SSSR count). The van der Waals surface area contributed by atoms with Gasteiger partial charge in [-0.15, -0.1) is 0 Å². The fourth-order valence-electron chi connectivity index (χ4n) is 1.34. The van der Waals surface area contributed by atoms with E-state index in [-0.39, 0.29) is 27.9 Å². The maximum atomic E-state index is 11.9. The number of carbonyl (C=O) groups excluding carboxylic acids is 1. The zero-order chi connectivity index (χ0) is 13.1. The molecular formula is C11H12Cl2O3S. The Morgan fingerprint density at radius 1 is 1.29 bits per heavy atom. The second kappa shape index (κ2) is 5.85. The Bertz CT molecular complexity index is 524. The first-order valence-corrected chi connectivity index (χ1v) is 7.41. The van der Waals surface area contributed by atoms with Gasteiger partial charge >= 0.3 is 0 Å². The van der Waals surface area contributed by atoms with Crippen LogP contribution in [0.3, 0.4) is 0 Å². The molecule has 1 aromatic rings. The molecule has 0 saturated carbocycles. The van der Waals surface area contributed by atoms with Gasteiger partial charge in [-0.2, -0.15) is 0 Å². The van der Waals surface area contributed by atoms with Gasteiger partial charge in [0.2, 0.25) is 0 Å². The van der Waals surface area contributed by atoms with Gasteiger partial charge in [-0.25, -0.2) is 8.42 Å².